The average molecular weight is 378 g/mol. The van der Waals surface area contributed by atoms with Gasteiger partial charge in [0.05, 0.1) is 11.6 Å². The first-order valence-corrected chi connectivity index (χ1v) is 11.0. The van der Waals surface area contributed by atoms with Crippen LogP contribution in [0.4, 0.5) is 0 Å². The maximum absolute atomic E-state index is 13.8. The monoisotopic (exact) mass is 378 g/mol. The van der Waals surface area contributed by atoms with E-state index in [0.29, 0.717) is 10.4 Å². The van der Waals surface area contributed by atoms with Gasteiger partial charge in [-0.05, 0) is 61.4 Å². The van der Waals surface area contributed by atoms with Crippen molar-refractivity contribution in [1.29, 1.82) is 0 Å². The highest BCUT2D eigenvalue weighted by Crippen LogP contribution is 2.45. The van der Waals surface area contributed by atoms with E-state index >= 15 is 0 Å². The third-order valence-corrected chi connectivity index (χ3v) is 7.67. The molecule has 0 spiro atoms. The molecule has 3 aromatic rings. The Bertz CT molecular complexity index is 1140. The van der Waals surface area contributed by atoms with Gasteiger partial charge in [-0.3, -0.25) is 4.98 Å². The number of nitrogens with zero attached hydrogens (tertiary/aromatic N) is 2. The third-order valence-electron chi connectivity index (χ3n) is 5.68. The Kier molecular flexibility index (Phi) is 3.85. The summed E-state index contributed by atoms with van der Waals surface area (Å²) in [7, 11) is -3.63. The van der Waals surface area contributed by atoms with Gasteiger partial charge in [-0.2, -0.15) is 4.31 Å². The number of pyridine rings is 1. The summed E-state index contributed by atoms with van der Waals surface area (Å²) >= 11 is 0. The zero-order valence-electron chi connectivity index (χ0n) is 15.3. The fourth-order valence-electron chi connectivity index (χ4n) is 4.31. The van der Waals surface area contributed by atoms with E-state index in [0.717, 1.165) is 42.2 Å². The summed E-state index contributed by atoms with van der Waals surface area (Å²) in [6.45, 7) is 1.97. The molecule has 4 nitrogen and oxygen atoms in total. The number of para-hydroxylation sites is 1. The number of fused-ring (bicyclic) bond motifs is 2. The van der Waals surface area contributed by atoms with Crippen LogP contribution in [0, 0.1) is 6.92 Å². The molecular weight excluding hydrogens is 356 g/mol. The lowest BCUT2D eigenvalue weighted by Crippen LogP contribution is -2.36. The molecule has 1 fully saturated rings. The second kappa shape index (κ2) is 6.14. The van der Waals surface area contributed by atoms with Gasteiger partial charge < -0.3 is 0 Å². The van der Waals surface area contributed by atoms with Gasteiger partial charge in [0.2, 0.25) is 10.0 Å². The number of hydrogen-bond donors (Lipinski definition) is 0. The molecule has 1 atom stereocenters. The first-order chi connectivity index (χ1) is 13.1. The van der Waals surface area contributed by atoms with E-state index in [2.05, 4.69) is 17.1 Å². The smallest absolute Gasteiger partial charge is 0.246 e. The van der Waals surface area contributed by atoms with Gasteiger partial charge in [0.25, 0.3) is 0 Å². The number of hydrogen-bond acceptors (Lipinski definition) is 3. The lowest BCUT2D eigenvalue weighted by Gasteiger charge is -2.29. The van der Waals surface area contributed by atoms with Crippen LogP contribution in [0.1, 0.15) is 42.0 Å². The van der Waals surface area contributed by atoms with Gasteiger partial charge >= 0.3 is 0 Å². The number of benzene rings is 2. The molecule has 0 aliphatic heterocycles. The van der Waals surface area contributed by atoms with Crippen LogP contribution in [0.3, 0.4) is 0 Å². The second-order valence-corrected chi connectivity index (χ2v) is 9.47. The molecular formula is C22H22N2O2S. The highest BCUT2D eigenvalue weighted by atomic mass is 32.2. The van der Waals surface area contributed by atoms with Gasteiger partial charge in [-0.1, -0.05) is 36.4 Å². The predicted molar refractivity (Wildman–Crippen MR) is 106 cm³/mol. The van der Waals surface area contributed by atoms with Crippen LogP contribution in [0.2, 0.25) is 0 Å². The summed E-state index contributed by atoms with van der Waals surface area (Å²) in [6, 6.07) is 15.7. The summed E-state index contributed by atoms with van der Waals surface area (Å²) in [5.74, 6) is 0. The minimum atomic E-state index is -3.63. The van der Waals surface area contributed by atoms with Crippen molar-refractivity contribution in [3.63, 3.8) is 0 Å². The van der Waals surface area contributed by atoms with Crippen LogP contribution in [-0.2, 0) is 16.4 Å². The molecule has 0 radical (unpaired) electrons. The molecule has 27 heavy (non-hydrogen) atoms. The van der Waals surface area contributed by atoms with Gasteiger partial charge in [0, 0.05) is 17.6 Å². The van der Waals surface area contributed by atoms with Crippen molar-refractivity contribution in [1.82, 2.24) is 9.29 Å². The number of aromatic nitrogens is 1. The van der Waals surface area contributed by atoms with E-state index in [1.807, 2.05) is 37.3 Å². The molecule has 5 heteroatoms. The van der Waals surface area contributed by atoms with Crippen molar-refractivity contribution in [2.24, 2.45) is 0 Å². The topological polar surface area (TPSA) is 50.3 Å². The van der Waals surface area contributed by atoms with E-state index in [9.17, 15) is 8.42 Å². The van der Waals surface area contributed by atoms with E-state index < -0.39 is 10.0 Å². The summed E-state index contributed by atoms with van der Waals surface area (Å²) in [4.78, 5) is 4.80. The highest BCUT2D eigenvalue weighted by molar-refractivity contribution is 7.89. The number of rotatable bonds is 4. The SMILES string of the molecule is Cc1cnc2c(S(=O)(=O)N(C3CC3)C3CCc4ccccc43)cccc2c1. The summed E-state index contributed by atoms with van der Waals surface area (Å²) < 4.78 is 29.4. The van der Waals surface area contributed by atoms with Crippen LogP contribution in [0.25, 0.3) is 10.9 Å². The van der Waals surface area contributed by atoms with E-state index in [-0.39, 0.29) is 12.1 Å². The lowest BCUT2D eigenvalue weighted by molar-refractivity contribution is 0.314. The van der Waals surface area contributed by atoms with Gasteiger partial charge in [0.15, 0.2) is 0 Å². The molecule has 2 aliphatic carbocycles. The molecule has 0 saturated heterocycles. The number of aryl methyl sites for hydroxylation is 2. The molecule has 0 N–H and O–H groups in total. The summed E-state index contributed by atoms with van der Waals surface area (Å²) in [5, 5.41) is 0.874. The predicted octanol–water partition coefficient (Wildman–Crippen LogP) is 4.38. The molecule has 1 unspecified atom stereocenters. The molecule has 1 heterocycles. The zero-order valence-corrected chi connectivity index (χ0v) is 16.1. The van der Waals surface area contributed by atoms with Crippen LogP contribution in [0.15, 0.2) is 59.6 Å². The Labute approximate surface area is 159 Å². The first kappa shape index (κ1) is 16.9. The van der Waals surface area contributed by atoms with Gasteiger partial charge in [-0.15, -0.1) is 0 Å². The second-order valence-electron chi connectivity index (χ2n) is 7.66. The number of sulfonamides is 1. The van der Waals surface area contributed by atoms with Crippen LogP contribution in [0.5, 0.6) is 0 Å². The third kappa shape index (κ3) is 2.77. The van der Waals surface area contributed by atoms with E-state index in [4.69, 9.17) is 0 Å². The largest absolute Gasteiger partial charge is 0.255 e. The fraction of sp³-hybridized carbons (Fsp3) is 0.318. The Morgan fingerprint density at radius 2 is 1.85 bits per heavy atom. The minimum absolute atomic E-state index is 0.0700. The van der Waals surface area contributed by atoms with Crippen molar-refractivity contribution in [2.45, 2.75) is 49.6 Å². The molecule has 138 valence electrons. The van der Waals surface area contributed by atoms with Gasteiger partial charge in [0.1, 0.15) is 4.90 Å². The zero-order chi connectivity index (χ0) is 18.6. The summed E-state index contributed by atoms with van der Waals surface area (Å²) in [5.41, 5.74) is 4.04. The van der Waals surface area contributed by atoms with Crippen molar-refractivity contribution < 1.29 is 8.42 Å². The van der Waals surface area contributed by atoms with Crippen LogP contribution in [-0.4, -0.2) is 23.7 Å². The lowest BCUT2D eigenvalue weighted by atomic mass is 10.1. The standard InChI is InChI=1S/C22H22N2O2S/c1-15-13-17-6-4-8-21(22(17)23-14-15)27(25,26)24(18-10-11-18)20-12-9-16-5-2-3-7-19(16)20/h2-8,13-14,18,20H,9-12H2,1H3. The highest BCUT2D eigenvalue weighted by Gasteiger charge is 2.45. The Hall–Kier alpha value is -2.24. The maximum atomic E-state index is 13.8. The molecule has 1 saturated carbocycles. The van der Waals surface area contributed by atoms with Crippen molar-refractivity contribution >= 4 is 20.9 Å². The van der Waals surface area contributed by atoms with Crippen molar-refractivity contribution in [2.75, 3.05) is 0 Å². The molecule has 2 aromatic carbocycles. The Balaban J connectivity index is 1.66. The average Bonchev–Trinajstić information content (AvgIpc) is 3.40. The quantitative estimate of drug-likeness (QED) is 0.677. The van der Waals surface area contributed by atoms with Crippen molar-refractivity contribution in [3.8, 4) is 0 Å². The molecule has 0 amide bonds. The summed E-state index contributed by atoms with van der Waals surface area (Å²) in [6.07, 6.45) is 5.41. The molecule has 2 aliphatic rings. The van der Waals surface area contributed by atoms with Crippen LogP contribution >= 0.6 is 0 Å². The minimum Gasteiger partial charge on any atom is -0.255 e. The Morgan fingerprint density at radius 1 is 1.04 bits per heavy atom. The van der Waals surface area contributed by atoms with Crippen molar-refractivity contribution in [3.05, 3.63) is 71.4 Å². The fourth-order valence-corrected chi connectivity index (χ4v) is 6.36. The molecule has 1 aromatic heterocycles. The van der Waals surface area contributed by atoms with Crippen LogP contribution < -0.4 is 0 Å². The van der Waals surface area contributed by atoms with Gasteiger partial charge in [-0.25, -0.2) is 8.42 Å². The maximum Gasteiger partial charge on any atom is 0.246 e. The molecule has 5 rings (SSSR count). The van der Waals surface area contributed by atoms with E-state index in [1.54, 1.807) is 16.6 Å². The normalized spacial score (nSPS) is 19.6. The Morgan fingerprint density at radius 3 is 2.67 bits per heavy atom. The van der Waals surface area contributed by atoms with E-state index in [1.165, 1.54) is 5.56 Å². The molecule has 0 bridgehead atoms. The first-order valence-electron chi connectivity index (χ1n) is 9.52.